The van der Waals surface area contributed by atoms with Crippen LogP contribution < -0.4 is 11.5 Å². The number of hydrogen-bond acceptors (Lipinski definition) is 6. The molecule has 1 aromatic rings. The van der Waals surface area contributed by atoms with Crippen molar-refractivity contribution in [1.29, 1.82) is 0 Å². The van der Waals surface area contributed by atoms with Gasteiger partial charge in [-0.15, -0.1) is 0 Å². The standard InChI is InChI=1S/C3H4N4O2S/c4-1-2(5)6-10-3(1)7(8)9/h4H2,(H2,5,6). The van der Waals surface area contributed by atoms with E-state index in [0.717, 1.165) is 0 Å². The Morgan fingerprint density at radius 1 is 1.60 bits per heavy atom. The Morgan fingerprint density at radius 2 is 2.20 bits per heavy atom. The summed E-state index contributed by atoms with van der Waals surface area (Å²) in [5, 5.41) is 9.88. The average Bonchev–Trinajstić information content (AvgIpc) is 2.14. The second-order valence-corrected chi connectivity index (χ2v) is 2.30. The highest BCUT2D eigenvalue weighted by Gasteiger charge is 2.17. The van der Waals surface area contributed by atoms with E-state index in [1.54, 1.807) is 0 Å². The lowest BCUT2D eigenvalue weighted by Crippen LogP contribution is -1.94. The molecule has 0 aliphatic heterocycles. The molecule has 1 heterocycles. The third-order valence-corrected chi connectivity index (χ3v) is 1.73. The van der Waals surface area contributed by atoms with Gasteiger partial charge in [-0.1, -0.05) is 0 Å². The van der Waals surface area contributed by atoms with Crippen molar-refractivity contribution < 1.29 is 4.92 Å². The van der Waals surface area contributed by atoms with Crippen LogP contribution in [0.4, 0.5) is 16.5 Å². The van der Waals surface area contributed by atoms with E-state index in [0.29, 0.717) is 11.5 Å². The lowest BCUT2D eigenvalue weighted by molar-refractivity contribution is -0.379. The summed E-state index contributed by atoms with van der Waals surface area (Å²) in [6, 6.07) is 0. The molecule has 0 fully saturated rings. The van der Waals surface area contributed by atoms with Crippen molar-refractivity contribution in [2.24, 2.45) is 0 Å². The number of hydrogen-bond donors (Lipinski definition) is 2. The predicted octanol–water partition coefficient (Wildman–Crippen LogP) is 0.216. The average molecular weight is 160 g/mol. The summed E-state index contributed by atoms with van der Waals surface area (Å²) in [4.78, 5) is 9.47. The Labute approximate surface area is 59.8 Å². The highest BCUT2D eigenvalue weighted by Crippen LogP contribution is 2.30. The largest absolute Gasteiger partial charge is 0.389 e. The van der Waals surface area contributed by atoms with E-state index >= 15 is 0 Å². The van der Waals surface area contributed by atoms with Gasteiger partial charge in [0, 0.05) is 11.5 Å². The second kappa shape index (κ2) is 2.10. The molecular weight excluding hydrogens is 156 g/mol. The van der Waals surface area contributed by atoms with E-state index in [4.69, 9.17) is 11.5 Å². The number of nitrogens with two attached hydrogens (primary N) is 2. The SMILES string of the molecule is Nc1nsc([N+](=O)[O-])c1N. The molecule has 0 aliphatic carbocycles. The molecule has 0 unspecified atom stereocenters. The van der Waals surface area contributed by atoms with Crippen molar-refractivity contribution in [3.63, 3.8) is 0 Å². The first-order valence-corrected chi connectivity index (χ1v) is 3.05. The Morgan fingerprint density at radius 3 is 2.40 bits per heavy atom. The third-order valence-electron chi connectivity index (χ3n) is 0.903. The molecule has 0 radical (unpaired) electrons. The van der Waals surface area contributed by atoms with E-state index in [1.807, 2.05) is 0 Å². The summed E-state index contributed by atoms with van der Waals surface area (Å²) in [5.74, 6) is 0.0247. The molecule has 6 nitrogen and oxygen atoms in total. The van der Waals surface area contributed by atoms with Crippen LogP contribution in [0, 0.1) is 10.1 Å². The third kappa shape index (κ3) is 0.860. The second-order valence-electron chi connectivity index (χ2n) is 1.54. The summed E-state index contributed by atoms with van der Waals surface area (Å²) < 4.78 is 3.49. The first-order valence-electron chi connectivity index (χ1n) is 2.28. The molecule has 0 saturated carbocycles. The number of nitrogens with zero attached hydrogens (tertiary/aromatic N) is 2. The Kier molecular flexibility index (Phi) is 1.42. The normalized spacial score (nSPS) is 9.60. The fourth-order valence-corrected chi connectivity index (χ4v) is 0.985. The minimum Gasteiger partial charge on any atom is -0.389 e. The van der Waals surface area contributed by atoms with Gasteiger partial charge in [0.05, 0.1) is 4.92 Å². The van der Waals surface area contributed by atoms with Crippen LogP contribution in [-0.4, -0.2) is 9.30 Å². The van der Waals surface area contributed by atoms with E-state index < -0.39 is 4.92 Å². The molecule has 7 heteroatoms. The van der Waals surface area contributed by atoms with Crippen molar-refractivity contribution in [3.05, 3.63) is 10.1 Å². The maximum absolute atomic E-state index is 10.1. The van der Waals surface area contributed by atoms with Gasteiger partial charge in [-0.05, 0) is 0 Å². The molecule has 1 rings (SSSR count). The highest BCUT2D eigenvalue weighted by atomic mass is 32.1. The van der Waals surface area contributed by atoms with Gasteiger partial charge in [0.1, 0.15) is 0 Å². The summed E-state index contributed by atoms with van der Waals surface area (Å²) in [7, 11) is 0. The Hall–Kier alpha value is -1.37. The van der Waals surface area contributed by atoms with Gasteiger partial charge in [-0.3, -0.25) is 10.1 Å². The summed E-state index contributed by atoms with van der Waals surface area (Å²) >= 11 is 0.685. The maximum atomic E-state index is 10.1. The molecule has 0 saturated heterocycles. The Bertz CT molecular complexity index is 269. The molecule has 0 bridgehead atoms. The summed E-state index contributed by atoms with van der Waals surface area (Å²) in [6.07, 6.45) is 0. The highest BCUT2D eigenvalue weighted by molar-refractivity contribution is 7.10. The lowest BCUT2D eigenvalue weighted by Gasteiger charge is -1.85. The van der Waals surface area contributed by atoms with Crippen LogP contribution in [0.15, 0.2) is 0 Å². The van der Waals surface area contributed by atoms with E-state index in [2.05, 4.69) is 4.37 Å². The van der Waals surface area contributed by atoms with Crippen LogP contribution in [0.25, 0.3) is 0 Å². The van der Waals surface area contributed by atoms with Gasteiger partial charge < -0.3 is 11.5 Å². The van der Waals surface area contributed by atoms with Crippen LogP contribution in [0.1, 0.15) is 0 Å². The molecular formula is C3H4N4O2S. The zero-order chi connectivity index (χ0) is 7.72. The molecule has 1 aromatic heterocycles. The van der Waals surface area contributed by atoms with Crippen LogP contribution in [0.5, 0.6) is 0 Å². The molecule has 0 spiro atoms. The topological polar surface area (TPSA) is 108 Å². The molecule has 0 aliphatic rings. The van der Waals surface area contributed by atoms with Gasteiger partial charge in [-0.25, -0.2) is 0 Å². The first kappa shape index (κ1) is 6.75. The zero-order valence-electron chi connectivity index (χ0n) is 4.77. The van der Waals surface area contributed by atoms with Gasteiger partial charge >= 0.3 is 5.00 Å². The quantitative estimate of drug-likeness (QED) is 0.451. The number of nitrogen functional groups attached to an aromatic ring is 2. The Balaban J connectivity index is 3.17. The maximum Gasteiger partial charge on any atom is 0.368 e. The van der Waals surface area contributed by atoms with E-state index in [-0.39, 0.29) is 16.5 Å². The number of anilines is 2. The molecule has 0 atom stereocenters. The number of nitro groups is 1. The molecule has 10 heavy (non-hydrogen) atoms. The van der Waals surface area contributed by atoms with Crippen molar-refractivity contribution in [1.82, 2.24) is 4.37 Å². The van der Waals surface area contributed by atoms with Gasteiger partial charge in [-0.2, -0.15) is 4.37 Å². The minimum atomic E-state index is -0.608. The van der Waals surface area contributed by atoms with Gasteiger partial charge in [0.2, 0.25) is 0 Å². The minimum absolute atomic E-state index is 0.0247. The fraction of sp³-hybridized carbons (Fsp3) is 0. The van der Waals surface area contributed by atoms with Crippen molar-refractivity contribution in [2.75, 3.05) is 11.5 Å². The fourth-order valence-electron chi connectivity index (χ4n) is 0.432. The van der Waals surface area contributed by atoms with Crippen LogP contribution >= 0.6 is 11.5 Å². The van der Waals surface area contributed by atoms with E-state index in [1.165, 1.54) is 0 Å². The first-order chi connectivity index (χ1) is 4.63. The number of aromatic nitrogens is 1. The van der Waals surface area contributed by atoms with E-state index in [9.17, 15) is 10.1 Å². The van der Waals surface area contributed by atoms with Crippen molar-refractivity contribution >= 4 is 28.0 Å². The van der Waals surface area contributed by atoms with Gasteiger partial charge in [0.15, 0.2) is 11.5 Å². The van der Waals surface area contributed by atoms with Crippen LogP contribution in [0.3, 0.4) is 0 Å². The lowest BCUT2D eigenvalue weighted by atomic mass is 10.5. The molecule has 0 amide bonds. The monoisotopic (exact) mass is 160 g/mol. The van der Waals surface area contributed by atoms with Crippen molar-refractivity contribution in [3.8, 4) is 0 Å². The summed E-state index contributed by atoms with van der Waals surface area (Å²) in [5.41, 5.74) is 10.3. The molecule has 0 aromatic carbocycles. The summed E-state index contributed by atoms with van der Waals surface area (Å²) in [6.45, 7) is 0. The number of rotatable bonds is 1. The smallest absolute Gasteiger partial charge is 0.368 e. The molecule has 4 N–H and O–H groups in total. The van der Waals surface area contributed by atoms with Gasteiger partial charge in [0.25, 0.3) is 0 Å². The predicted molar refractivity (Wildman–Crippen MR) is 37.6 cm³/mol. The zero-order valence-corrected chi connectivity index (χ0v) is 5.59. The van der Waals surface area contributed by atoms with Crippen LogP contribution in [-0.2, 0) is 0 Å². The molecule has 54 valence electrons. The van der Waals surface area contributed by atoms with Crippen LogP contribution in [0.2, 0.25) is 0 Å². The van der Waals surface area contributed by atoms with Crippen molar-refractivity contribution in [2.45, 2.75) is 0 Å².